The van der Waals surface area contributed by atoms with E-state index in [0.29, 0.717) is 0 Å². The number of likely N-dealkylation sites (tertiary alicyclic amines) is 1. The van der Waals surface area contributed by atoms with E-state index in [-0.39, 0.29) is 29.7 Å². The van der Waals surface area contributed by atoms with Gasteiger partial charge >= 0.3 is 6.03 Å². The summed E-state index contributed by atoms with van der Waals surface area (Å²) in [6.45, 7) is 1.44. The Morgan fingerprint density at radius 2 is 1.68 bits per heavy atom. The Hall–Kier alpha value is -3.38. The molecule has 6 heteroatoms. The van der Waals surface area contributed by atoms with E-state index in [2.05, 4.69) is 34.9 Å². The fourth-order valence-electron chi connectivity index (χ4n) is 4.83. The number of piperidine rings is 1. The Bertz CT molecular complexity index is 1090. The summed E-state index contributed by atoms with van der Waals surface area (Å²) < 4.78 is 19.4. The number of hydrogen-bond acceptors (Lipinski definition) is 3. The maximum absolute atomic E-state index is 13.9. The first kappa shape index (κ1) is 19.6. The van der Waals surface area contributed by atoms with Crippen molar-refractivity contribution in [2.75, 3.05) is 25.5 Å². The summed E-state index contributed by atoms with van der Waals surface area (Å²) in [5.41, 5.74) is 3.57. The zero-order valence-corrected chi connectivity index (χ0v) is 17.2. The van der Waals surface area contributed by atoms with Crippen LogP contribution in [0.15, 0.2) is 72.8 Å². The van der Waals surface area contributed by atoms with E-state index in [1.807, 2.05) is 29.2 Å². The van der Waals surface area contributed by atoms with Gasteiger partial charge in [-0.05, 0) is 29.3 Å². The lowest BCUT2D eigenvalue weighted by Gasteiger charge is -2.59. The molecule has 1 unspecified atom stereocenters. The molecule has 5 nitrogen and oxygen atoms in total. The highest BCUT2D eigenvalue weighted by Crippen LogP contribution is 2.43. The number of fused-ring (bicyclic) bond motifs is 2. The van der Waals surface area contributed by atoms with Crippen molar-refractivity contribution in [2.24, 2.45) is 0 Å². The molecule has 0 aliphatic carbocycles. The minimum atomic E-state index is -0.428. The third-order valence-corrected chi connectivity index (χ3v) is 6.31. The van der Waals surface area contributed by atoms with Crippen LogP contribution in [0.3, 0.4) is 0 Å². The first-order valence-electron chi connectivity index (χ1n) is 10.5. The highest BCUT2D eigenvalue weighted by Gasteiger charge is 2.53. The van der Waals surface area contributed by atoms with Crippen molar-refractivity contribution in [3.05, 3.63) is 84.2 Å². The second-order valence-electron chi connectivity index (χ2n) is 7.96. The Morgan fingerprint density at radius 1 is 1.00 bits per heavy atom. The van der Waals surface area contributed by atoms with Crippen LogP contribution in [0.5, 0.6) is 5.75 Å². The molecule has 0 aromatic heterocycles. The largest absolute Gasteiger partial charge is 0.496 e. The number of anilines is 1. The fraction of sp³-hybridized carbons (Fsp3) is 0.240. The molecule has 3 aromatic rings. The smallest absolute Gasteiger partial charge is 0.322 e. The van der Waals surface area contributed by atoms with Gasteiger partial charge in [-0.1, -0.05) is 54.6 Å². The van der Waals surface area contributed by atoms with Gasteiger partial charge in [-0.25, -0.2) is 9.18 Å². The van der Waals surface area contributed by atoms with Crippen molar-refractivity contribution in [2.45, 2.75) is 18.0 Å². The van der Waals surface area contributed by atoms with Crippen LogP contribution in [-0.4, -0.2) is 43.2 Å². The van der Waals surface area contributed by atoms with Gasteiger partial charge in [0.2, 0.25) is 0 Å². The molecule has 0 saturated carbocycles. The molecule has 0 radical (unpaired) electrons. The van der Waals surface area contributed by atoms with Crippen molar-refractivity contribution in [1.29, 1.82) is 0 Å². The van der Waals surface area contributed by atoms with Crippen LogP contribution in [0.25, 0.3) is 11.1 Å². The maximum Gasteiger partial charge on any atom is 0.322 e. The van der Waals surface area contributed by atoms with Crippen LogP contribution in [0.2, 0.25) is 0 Å². The molecule has 2 N–H and O–H groups in total. The number of rotatable bonds is 4. The predicted octanol–water partition coefficient (Wildman–Crippen LogP) is 4.47. The summed E-state index contributed by atoms with van der Waals surface area (Å²) in [4.78, 5) is 14.7. The number of piperazine rings is 1. The monoisotopic (exact) mass is 417 g/mol. The summed E-state index contributed by atoms with van der Waals surface area (Å²) in [7, 11) is 1.68. The van der Waals surface area contributed by atoms with Gasteiger partial charge < -0.3 is 20.3 Å². The van der Waals surface area contributed by atoms with Crippen molar-refractivity contribution < 1.29 is 13.9 Å². The molecule has 31 heavy (non-hydrogen) atoms. The van der Waals surface area contributed by atoms with Gasteiger partial charge in [0.25, 0.3) is 0 Å². The van der Waals surface area contributed by atoms with E-state index >= 15 is 0 Å². The van der Waals surface area contributed by atoms with Crippen molar-refractivity contribution >= 4 is 11.7 Å². The van der Waals surface area contributed by atoms with Crippen LogP contribution in [0.1, 0.15) is 11.5 Å². The van der Waals surface area contributed by atoms with Crippen LogP contribution >= 0.6 is 0 Å². The summed E-state index contributed by atoms with van der Waals surface area (Å²) >= 11 is 0. The number of ether oxygens (including phenoxy) is 1. The van der Waals surface area contributed by atoms with Gasteiger partial charge in [0, 0.05) is 24.6 Å². The van der Waals surface area contributed by atoms with Gasteiger partial charge in [-0.15, -0.1) is 0 Å². The standard InChI is InChI=1S/C25H24FN3O2/c1-31-23-9-5-2-6-18(23)16-10-12-17(13-11-16)24-21-14-27-15-22(24)29(21)25(30)28-20-8-4-3-7-19(20)26/h2-13,21-22,24,27H,14-15H2,1H3,(H,28,30)/t21-,22+,24?. The molecule has 2 amide bonds. The zero-order chi connectivity index (χ0) is 21.4. The molecular formula is C25H24FN3O2. The number of methoxy groups -OCH3 is 1. The van der Waals surface area contributed by atoms with Crippen molar-refractivity contribution in [3.8, 4) is 16.9 Å². The van der Waals surface area contributed by atoms with Crippen LogP contribution in [0.4, 0.5) is 14.9 Å². The van der Waals surface area contributed by atoms with Gasteiger partial charge in [0.15, 0.2) is 0 Å². The Labute approximate surface area is 180 Å². The molecule has 2 aliphatic heterocycles. The number of halogens is 1. The second-order valence-corrected chi connectivity index (χ2v) is 7.96. The first-order chi connectivity index (χ1) is 15.2. The summed E-state index contributed by atoms with van der Waals surface area (Å²) in [5.74, 6) is 0.679. The van der Waals surface area contributed by atoms with Gasteiger partial charge in [0.1, 0.15) is 11.6 Å². The quantitative estimate of drug-likeness (QED) is 0.659. The number of nitrogens with one attached hydrogen (secondary N) is 2. The summed E-state index contributed by atoms with van der Waals surface area (Å²) in [5, 5.41) is 6.11. The average molecular weight is 417 g/mol. The topological polar surface area (TPSA) is 53.6 Å². The van der Waals surface area contributed by atoms with Crippen LogP contribution in [-0.2, 0) is 0 Å². The average Bonchev–Trinajstić information content (AvgIpc) is 2.81. The third kappa shape index (κ3) is 3.43. The Kier molecular flexibility index (Phi) is 5.08. The SMILES string of the molecule is COc1ccccc1-c1ccc(C2[C@H]3CNC[C@@H]2N3C(=O)Nc2ccccc2F)cc1. The number of carbonyl (C=O) groups excluding carboxylic acids is 1. The van der Waals surface area contributed by atoms with Crippen LogP contribution in [0, 0.1) is 5.82 Å². The lowest BCUT2D eigenvalue weighted by molar-refractivity contribution is 0.00199. The minimum absolute atomic E-state index is 0.0441. The molecule has 2 fully saturated rings. The van der Waals surface area contributed by atoms with Crippen LogP contribution < -0.4 is 15.4 Å². The minimum Gasteiger partial charge on any atom is -0.496 e. The number of para-hydroxylation sites is 2. The number of carbonyl (C=O) groups is 1. The molecule has 158 valence electrons. The zero-order valence-electron chi connectivity index (χ0n) is 17.2. The van der Waals surface area contributed by atoms with Gasteiger partial charge in [0.05, 0.1) is 24.9 Å². The Morgan fingerprint density at radius 3 is 2.39 bits per heavy atom. The molecule has 3 atom stereocenters. The number of hydrogen-bond donors (Lipinski definition) is 2. The first-order valence-corrected chi connectivity index (χ1v) is 10.5. The maximum atomic E-state index is 13.9. The van der Waals surface area contributed by atoms with E-state index in [1.165, 1.54) is 11.6 Å². The van der Waals surface area contributed by atoms with Gasteiger partial charge in [-0.3, -0.25) is 0 Å². The molecule has 2 bridgehead atoms. The normalized spacial score (nSPS) is 21.9. The van der Waals surface area contributed by atoms with E-state index in [4.69, 9.17) is 4.74 Å². The highest BCUT2D eigenvalue weighted by molar-refractivity contribution is 5.91. The molecule has 2 heterocycles. The van der Waals surface area contributed by atoms with Crippen molar-refractivity contribution in [3.63, 3.8) is 0 Å². The van der Waals surface area contributed by atoms with E-state index < -0.39 is 5.82 Å². The number of amides is 2. The van der Waals surface area contributed by atoms with E-state index in [0.717, 1.165) is 30.0 Å². The lowest BCUT2D eigenvalue weighted by atomic mass is 9.72. The van der Waals surface area contributed by atoms with Gasteiger partial charge in [-0.2, -0.15) is 0 Å². The highest BCUT2D eigenvalue weighted by atomic mass is 19.1. The second kappa shape index (κ2) is 8.04. The Balaban J connectivity index is 1.34. The molecule has 2 aliphatic rings. The fourth-order valence-corrected chi connectivity index (χ4v) is 4.83. The third-order valence-electron chi connectivity index (χ3n) is 6.31. The molecule has 3 aromatic carbocycles. The van der Waals surface area contributed by atoms with Crippen molar-refractivity contribution in [1.82, 2.24) is 10.2 Å². The molecule has 0 spiro atoms. The van der Waals surface area contributed by atoms with E-state index in [1.54, 1.807) is 25.3 Å². The summed E-state index contributed by atoms with van der Waals surface area (Å²) in [6.07, 6.45) is 0. The molecule has 2 saturated heterocycles. The summed E-state index contributed by atoms with van der Waals surface area (Å²) in [6, 6.07) is 22.6. The lowest BCUT2D eigenvalue weighted by Crippen LogP contribution is -2.74. The number of urea groups is 1. The van der Waals surface area contributed by atoms with E-state index in [9.17, 15) is 9.18 Å². The molecular weight excluding hydrogens is 393 g/mol. The number of benzene rings is 3. The number of nitrogens with zero attached hydrogens (tertiary/aromatic N) is 1. The predicted molar refractivity (Wildman–Crippen MR) is 119 cm³/mol. The molecule has 5 rings (SSSR count).